The van der Waals surface area contributed by atoms with E-state index in [2.05, 4.69) is 14.9 Å². The summed E-state index contributed by atoms with van der Waals surface area (Å²) in [6.45, 7) is 4.05. The fraction of sp³-hybridized carbons (Fsp3) is 0.526. The number of nitro groups is 1. The highest BCUT2D eigenvalue weighted by atomic mass is 16.6. The van der Waals surface area contributed by atoms with Crippen LogP contribution in [0, 0.1) is 10.1 Å². The number of benzene rings is 1. The highest BCUT2D eigenvalue weighted by Gasteiger charge is 2.31. The molecular formula is C19H25N5O3. The Morgan fingerprint density at radius 3 is 2.81 bits per heavy atom. The molecule has 8 nitrogen and oxygen atoms in total. The average Bonchev–Trinajstić information content (AvgIpc) is 3.12. The van der Waals surface area contributed by atoms with E-state index in [0.717, 1.165) is 36.4 Å². The van der Waals surface area contributed by atoms with E-state index in [1.807, 2.05) is 19.3 Å². The Hall–Kier alpha value is -2.61. The lowest BCUT2D eigenvalue weighted by Gasteiger charge is -2.45. The van der Waals surface area contributed by atoms with Gasteiger partial charge in [-0.2, -0.15) is 5.10 Å². The molecule has 0 spiro atoms. The number of fused-ring (bicyclic) bond motifs is 1. The Balaban J connectivity index is 1.77. The number of aryl methyl sites for hydroxylation is 1. The van der Waals surface area contributed by atoms with Crippen LogP contribution >= 0.6 is 0 Å². The average molecular weight is 371 g/mol. The molecule has 2 aliphatic heterocycles. The molecule has 2 fully saturated rings. The van der Waals surface area contributed by atoms with Gasteiger partial charge in [0.15, 0.2) is 5.75 Å². The van der Waals surface area contributed by atoms with Gasteiger partial charge in [0, 0.05) is 67.9 Å². The monoisotopic (exact) mass is 371 g/mol. The van der Waals surface area contributed by atoms with Gasteiger partial charge < -0.3 is 9.64 Å². The number of hydrogen-bond donors (Lipinski definition) is 0. The molecule has 0 radical (unpaired) electrons. The second-order valence-corrected chi connectivity index (χ2v) is 7.33. The molecule has 0 aliphatic carbocycles. The number of ether oxygens (including phenoxy) is 1. The number of piperazine rings is 1. The fourth-order valence-electron chi connectivity index (χ4n) is 4.29. The Morgan fingerprint density at radius 1 is 1.26 bits per heavy atom. The minimum absolute atomic E-state index is 0.0172. The molecule has 2 aromatic rings. The molecule has 3 heterocycles. The highest BCUT2D eigenvalue weighted by molar-refractivity contribution is 5.82. The molecule has 0 N–H and O–H groups in total. The molecule has 2 aliphatic rings. The summed E-state index contributed by atoms with van der Waals surface area (Å²) in [6.07, 6.45) is 7.41. The van der Waals surface area contributed by atoms with E-state index in [1.54, 1.807) is 16.9 Å². The van der Waals surface area contributed by atoms with Crippen molar-refractivity contribution < 1.29 is 9.66 Å². The van der Waals surface area contributed by atoms with E-state index >= 15 is 0 Å². The normalized spacial score (nSPS) is 20.4. The predicted octanol–water partition coefficient (Wildman–Crippen LogP) is 2.68. The van der Waals surface area contributed by atoms with Crippen LogP contribution in [-0.4, -0.2) is 58.9 Å². The van der Waals surface area contributed by atoms with Gasteiger partial charge in [0.05, 0.1) is 18.2 Å². The van der Waals surface area contributed by atoms with E-state index in [0.29, 0.717) is 11.8 Å². The Labute approximate surface area is 158 Å². The summed E-state index contributed by atoms with van der Waals surface area (Å²) in [6, 6.07) is 3.99. The van der Waals surface area contributed by atoms with Crippen molar-refractivity contribution in [2.75, 3.05) is 38.2 Å². The molecule has 8 heteroatoms. The lowest BCUT2D eigenvalue weighted by Crippen LogP contribution is -2.55. The summed E-state index contributed by atoms with van der Waals surface area (Å²) in [5.74, 6) is 0.300. The van der Waals surface area contributed by atoms with Crippen LogP contribution in [0.15, 0.2) is 24.5 Å². The van der Waals surface area contributed by atoms with Crippen molar-refractivity contribution in [2.24, 2.45) is 7.05 Å². The largest absolute Gasteiger partial charge is 0.490 e. The zero-order chi connectivity index (χ0) is 19.0. The zero-order valence-corrected chi connectivity index (χ0v) is 15.8. The van der Waals surface area contributed by atoms with E-state index in [4.69, 9.17) is 4.74 Å². The fourth-order valence-corrected chi connectivity index (χ4v) is 4.29. The minimum Gasteiger partial charge on any atom is -0.490 e. The van der Waals surface area contributed by atoms with Crippen LogP contribution in [0.1, 0.15) is 19.3 Å². The maximum absolute atomic E-state index is 11.5. The van der Waals surface area contributed by atoms with Crippen LogP contribution in [-0.2, 0) is 7.05 Å². The smallest absolute Gasteiger partial charge is 0.311 e. The van der Waals surface area contributed by atoms with Crippen LogP contribution in [0.2, 0.25) is 0 Å². The number of methoxy groups -OCH3 is 1. The third-order valence-electron chi connectivity index (χ3n) is 5.69. The molecule has 0 unspecified atom stereocenters. The number of rotatable bonds is 4. The molecule has 144 valence electrons. The topological polar surface area (TPSA) is 76.7 Å². The van der Waals surface area contributed by atoms with E-state index < -0.39 is 0 Å². The van der Waals surface area contributed by atoms with Crippen molar-refractivity contribution in [1.82, 2.24) is 14.7 Å². The van der Waals surface area contributed by atoms with Gasteiger partial charge >= 0.3 is 5.69 Å². The maximum atomic E-state index is 11.5. The minimum atomic E-state index is -0.387. The summed E-state index contributed by atoms with van der Waals surface area (Å²) < 4.78 is 7.06. The Bertz CT molecular complexity index is 850. The van der Waals surface area contributed by atoms with Gasteiger partial charge in [-0.1, -0.05) is 6.42 Å². The second-order valence-electron chi connectivity index (χ2n) is 7.33. The quantitative estimate of drug-likeness (QED) is 0.607. The van der Waals surface area contributed by atoms with Crippen molar-refractivity contribution in [3.8, 4) is 16.9 Å². The summed E-state index contributed by atoms with van der Waals surface area (Å²) in [7, 11) is 3.33. The van der Waals surface area contributed by atoms with Gasteiger partial charge in [0.2, 0.25) is 0 Å². The standard InChI is InChI=1S/C19H25N5O3/c1-21-12-14(11-20-21)16-9-18(24(25)26)19(27-2)10-17(16)23-8-7-22-6-4-3-5-15(22)13-23/h9-12,15H,3-8,13H2,1-2H3/t15-/m1/s1. The number of nitrogens with zero attached hydrogens (tertiary/aromatic N) is 5. The van der Waals surface area contributed by atoms with Crippen LogP contribution in [0.4, 0.5) is 11.4 Å². The highest BCUT2D eigenvalue weighted by Crippen LogP contribution is 2.41. The summed E-state index contributed by atoms with van der Waals surface area (Å²) in [4.78, 5) is 16.1. The number of aromatic nitrogens is 2. The maximum Gasteiger partial charge on any atom is 0.311 e. The van der Waals surface area contributed by atoms with Gasteiger partial charge in [-0.15, -0.1) is 0 Å². The van der Waals surface area contributed by atoms with Gasteiger partial charge in [-0.05, 0) is 19.4 Å². The van der Waals surface area contributed by atoms with Crippen LogP contribution in [0.25, 0.3) is 11.1 Å². The molecule has 1 aromatic carbocycles. The third-order valence-corrected chi connectivity index (χ3v) is 5.69. The summed E-state index contributed by atoms with van der Waals surface area (Å²) in [5, 5.41) is 15.8. The molecule has 0 bridgehead atoms. The molecule has 1 aromatic heterocycles. The van der Waals surface area contributed by atoms with Gasteiger partial charge in [-0.3, -0.25) is 19.7 Å². The zero-order valence-electron chi connectivity index (χ0n) is 15.8. The third kappa shape index (κ3) is 3.37. The predicted molar refractivity (Wildman–Crippen MR) is 103 cm³/mol. The van der Waals surface area contributed by atoms with Crippen molar-refractivity contribution in [3.05, 3.63) is 34.6 Å². The van der Waals surface area contributed by atoms with E-state index in [9.17, 15) is 10.1 Å². The Kier molecular flexibility index (Phi) is 4.73. The Morgan fingerprint density at radius 2 is 2.11 bits per heavy atom. The van der Waals surface area contributed by atoms with E-state index in [1.165, 1.54) is 32.9 Å². The number of anilines is 1. The van der Waals surface area contributed by atoms with Crippen molar-refractivity contribution >= 4 is 11.4 Å². The van der Waals surface area contributed by atoms with Crippen LogP contribution < -0.4 is 9.64 Å². The van der Waals surface area contributed by atoms with E-state index in [-0.39, 0.29) is 10.6 Å². The summed E-state index contributed by atoms with van der Waals surface area (Å²) in [5.41, 5.74) is 2.68. The number of nitro benzene ring substituents is 1. The van der Waals surface area contributed by atoms with Crippen LogP contribution in [0.3, 0.4) is 0 Å². The molecular weight excluding hydrogens is 346 g/mol. The first-order valence-corrected chi connectivity index (χ1v) is 9.41. The van der Waals surface area contributed by atoms with Crippen molar-refractivity contribution in [1.29, 1.82) is 0 Å². The second kappa shape index (κ2) is 7.19. The molecule has 0 amide bonds. The first-order chi connectivity index (χ1) is 13.1. The molecule has 1 atom stereocenters. The lowest BCUT2D eigenvalue weighted by molar-refractivity contribution is -0.385. The van der Waals surface area contributed by atoms with Crippen LogP contribution in [0.5, 0.6) is 5.75 Å². The summed E-state index contributed by atoms with van der Waals surface area (Å²) >= 11 is 0. The van der Waals surface area contributed by atoms with Gasteiger partial charge in [-0.25, -0.2) is 0 Å². The van der Waals surface area contributed by atoms with Crippen molar-refractivity contribution in [2.45, 2.75) is 25.3 Å². The number of piperidine rings is 1. The lowest BCUT2D eigenvalue weighted by atomic mass is 9.97. The molecule has 2 saturated heterocycles. The van der Waals surface area contributed by atoms with Crippen molar-refractivity contribution in [3.63, 3.8) is 0 Å². The molecule has 4 rings (SSSR count). The SMILES string of the molecule is COc1cc(N2CCN3CCCC[C@@H]3C2)c(-c2cnn(C)c2)cc1[N+](=O)[O-]. The molecule has 0 saturated carbocycles. The van der Waals surface area contributed by atoms with Gasteiger partial charge in [0.1, 0.15) is 0 Å². The first-order valence-electron chi connectivity index (χ1n) is 9.41. The first kappa shape index (κ1) is 17.8. The molecule has 27 heavy (non-hydrogen) atoms. The number of hydrogen-bond acceptors (Lipinski definition) is 6. The van der Waals surface area contributed by atoms with Gasteiger partial charge in [0.25, 0.3) is 0 Å².